The highest BCUT2D eigenvalue weighted by atomic mass is 16.2. The molecule has 1 fully saturated rings. The Hall–Kier alpha value is -1.88. The first-order valence-electron chi connectivity index (χ1n) is 8.06. The monoisotopic (exact) mass is 300 g/mol. The average Bonchev–Trinajstić information content (AvgIpc) is 3.08. The summed E-state index contributed by atoms with van der Waals surface area (Å²) in [4.78, 5) is 20.9. The van der Waals surface area contributed by atoms with E-state index >= 15 is 0 Å². The van der Waals surface area contributed by atoms with Crippen molar-refractivity contribution in [3.05, 3.63) is 35.4 Å². The number of rotatable bonds is 4. The molecule has 0 aliphatic carbocycles. The van der Waals surface area contributed by atoms with Crippen LogP contribution >= 0.6 is 0 Å². The standard InChI is InChI=1S/C17H24N4O/c1-20-10-12-21(13-11-20)16(22)7-4-14-2-5-15(6-3-14)17-18-8-9-19-17/h2-3,5-6H,4,7-13H2,1H3,(H,18,19). The van der Waals surface area contributed by atoms with Gasteiger partial charge in [-0.3, -0.25) is 9.79 Å². The molecule has 0 spiro atoms. The number of nitrogens with zero attached hydrogens (tertiary/aromatic N) is 3. The van der Waals surface area contributed by atoms with Gasteiger partial charge in [0, 0.05) is 44.7 Å². The van der Waals surface area contributed by atoms with E-state index in [1.807, 2.05) is 4.90 Å². The van der Waals surface area contributed by atoms with Crippen LogP contribution in [0.1, 0.15) is 17.5 Å². The molecule has 0 saturated carbocycles. The Morgan fingerprint density at radius 2 is 1.91 bits per heavy atom. The van der Waals surface area contributed by atoms with E-state index in [4.69, 9.17) is 0 Å². The fourth-order valence-corrected chi connectivity index (χ4v) is 2.89. The zero-order chi connectivity index (χ0) is 15.4. The predicted octanol–water partition coefficient (Wildman–Crippen LogP) is 0.743. The van der Waals surface area contributed by atoms with Gasteiger partial charge in [-0.05, 0) is 19.0 Å². The van der Waals surface area contributed by atoms with Crippen molar-refractivity contribution >= 4 is 11.7 Å². The summed E-state index contributed by atoms with van der Waals surface area (Å²) in [5.41, 5.74) is 2.34. The minimum Gasteiger partial charge on any atom is -0.368 e. The van der Waals surface area contributed by atoms with Crippen molar-refractivity contribution in [1.29, 1.82) is 0 Å². The van der Waals surface area contributed by atoms with E-state index in [9.17, 15) is 4.79 Å². The van der Waals surface area contributed by atoms with Gasteiger partial charge in [-0.2, -0.15) is 0 Å². The lowest BCUT2D eigenvalue weighted by Crippen LogP contribution is -2.47. The normalized spacial score (nSPS) is 19.0. The summed E-state index contributed by atoms with van der Waals surface area (Å²) in [5, 5.41) is 3.27. The van der Waals surface area contributed by atoms with Crippen LogP contribution in [0.15, 0.2) is 29.3 Å². The smallest absolute Gasteiger partial charge is 0.222 e. The molecule has 1 N–H and O–H groups in total. The molecule has 0 bridgehead atoms. The quantitative estimate of drug-likeness (QED) is 0.892. The number of aryl methyl sites for hydroxylation is 1. The van der Waals surface area contributed by atoms with Crippen LogP contribution in [0.5, 0.6) is 0 Å². The van der Waals surface area contributed by atoms with Crippen molar-refractivity contribution in [1.82, 2.24) is 15.1 Å². The van der Waals surface area contributed by atoms with E-state index in [1.54, 1.807) is 0 Å². The molecule has 0 atom stereocenters. The lowest BCUT2D eigenvalue weighted by Gasteiger charge is -2.32. The highest BCUT2D eigenvalue weighted by Crippen LogP contribution is 2.10. The zero-order valence-corrected chi connectivity index (χ0v) is 13.2. The second kappa shape index (κ2) is 6.92. The third kappa shape index (κ3) is 3.65. The Morgan fingerprint density at radius 3 is 2.55 bits per heavy atom. The lowest BCUT2D eigenvalue weighted by molar-refractivity contribution is -0.132. The van der Waals surface area contributed by atoms with Crippen LogP contribution in [-0.4, -0.2) is 67.9 Å². The largest absolute Gasteiger partial charge is 0.368 e. The Balaban J connectivity index is 1.50. The summed E-state index contributed by atoms with van der Waals surface area (Å²) in [6, 6.07) is 8.39. The van der Waals surface area contributed by atoms with Crippen molar-refractivity contribution < 1.29 is 4.79 Å². The first-order chi connectivity index (χ1) is 10.7. The summed E-state index contributed by atoms with van der Waals surface area (Å²) in [5.74, 6) is 1.26. The molecular formula is C17H24N4O. The second-order valence-corrected chi connectivity index (χ2v) is 6.04. The number of carbonyl (C=O) groups is 1. The minimum absolute atomic E-state index is 0.277. The van der Waals surface area contributed by atoms with Crippen LogP contribution in [0.3, 0.4) is 0 Å². The Morgan fingerprint density at radius 1 is 1.18 bits per heavy atom. The van der Waals surface area contributed by atoms with Crippen molar-refractivity contribution in [2.75, 3.05) is 46.3 Å². The molecule has 2 aliphatic rings. The van der Waals surface area contributed by atoms with Crippen molar-refractivity contribution in [3.63, 3.8) is 0 Å². The fraction of sp³-hybridized carbons (Fsp3) is 0.529. The lowest BCUT2D eigenvalue weighted by atomic mass is 10.1. The van der Waals surface area contributed by atoms with E-state index in [1.165, 1.54) is 5.56 Å². The first-order valence-corrected chi connectivity index (χ1v) is 8.06. The molecule has 1 amide bonds. The molecule has 1 aromatic carbocycles. The topological polar surface area (TPSA) is 47.9 Å². The SMILES string of the molecule is CN1CCN(C(=O)CCc2ccc(C3=NCCN3)cc2)CC1. The number of amides is 1. The summed E-state index contributed by atoms with van der Waals surface area (Å²) in [6.07, 6.45) is 1.41. The van der Waals surface area contributed by atoms with Gasteiger partial charge in [-0.1, -0.05) is 24.3 Å². The van der Waals surface area contributed by atoms with Gasteiger partial charge in [0.05, 0.1) is 6.54 Å². The van der Waals surface area contributed by atoms with Crippen LogP contribution in [0.2, 0.25) is 0 Å². The number of aliphatic imine (C=N–C) groups is 1. The van der Waals surface area contributed by atoms with Gasteiger partial charge in [0.2, 0.25) is 5.91 Å². The molecule has 2 aliphatic heterocycles. The molecule has 22 heavy (non-hydrogen) atoms. The third-order valence-electron chi connectivity index (χ3n) is 4.39. The first kappa shape index (κ1) is 15.0. The number of carbonyl (C=O) groups excluding carboxylic acids is 1. The van der Waals surface area contributed by atoms with Gasteiger partial charge in [-0.15, -0.1) is 0 Å². The number of benzene rings is 1. The van der Waals surface area contributed by atoms with Gasteiger partial charge in [0.15, 0.2) is 0 Å². The molecule has 0 radical (unpaired) electrons. The number of likely N-dealkylation sites (N-methyl/N-ethyl adjacent to an activating group) is 1. The summed E-state index contributed by atoms with van der Waals surface area (Å²) in [7, 11) is 2.10. The fourth-order valence-electron chi connectivity index (χ4n) is 2.89. The molecule has 3 rings (SSSR count). The number of piperazine rings is 1. The van der Waals surface area contributed by atoms with Crippen molar-refractivity contribution in [2.24, 2.45) is 4.99 Å². The highest BCUT2D eigenvalue weighted by Gasteiger charge is 2.18. The maximum Gasteiger partial charge on any atom is 0.222 e. The maximum absolute atomic E-state index is 12.2. The van der Waals surface area contributed by atoms with Gasteiger partial charge < -0.3 is 15.1 Å². The Kier molecular flexibility index (Phi) is 4.73. The van der Waals surface area contributed by atoms with Gasteiger partial charge in [-0.25, -0.2) is 0 Å². The molecule has 5 heteroatoms. The van der Waals surface area contributed by atoms with Crippen LogP contribution in [0.25, 0.3) is 0 Å². The summed E-state index contributed by atoms with van der Waals surface area (Å²) >= 11 is 0. The van der Waals surface area contributed by atoms with E-state index in [0.29, 0.717) is 6.42 Å². The van der Waals surface area contributed by atoms with E-state index in [2.05, 4.69) is 46.5 Å². The molecule has 5 nitrogen and oxygen atoms in total. The van der Waals surface area contributed by atoms with E-state index in [-0.39, 0.29) is 5.91 Å². The molecular weight excluding hydrogens is 276 g/mol. The molecule has 118 valence electrons. The van der Waals surface area contributed by atoms with Crippen molar-refractivity contribution in [3.8, 4) is 0 Å². The molecule has 0 aromatic heterocycles. The Bertz CT molecular complexity index is 544. The Labute approximate surface area is 132 Å². The number of hydrogen-bond donors (Lipinski definition) is 1. The van der Waals surface area contributed by atoms with Gasteiger partial charge in [0.25, 0.3) is 0 Å². The van der Waals surface area contributed by atoms with E-state index in [0.717, 1.165) is 57.1 Å². The molecule has 0 unspecified atom stereocenters. The van der Waals surface area contributed by atoms with Crippen LogP contribution in [0, 0.1) is 0 Å². The maximum atomic E-state index is 12.2. The van der Waals surface area contributed by atoms with E-state index < -0.39 is 0 Å². The van der Waals surface area contributed by atoms with Crippen molar-refractivity contribution in [2.45, 2.75) is 12.8 Å². The molecule has 1 saturated heterocycles. The van der Waals surface area contributed by atoms with Crippen LogP contribution < -0.4 is 5.32 Å². The molecule has 1 aromatic rings. The number of nitrogens with one attached hydrogen (secondary N) is 1. The average molecular weight is 300 g/mol. The third-order valence-corrected chi connectivity index (χ3v) is 4.39. The number of hydrogen-bond acceptors (Lipinski definition) is 4. The van der Waals surface area contributed by atoms with Crippen LogP contribution in [-0.2, 0) is 11.2 Å². The zero-order valence-electron chi connectivity index (χ0n) is 13.2. The van der Waals surface area contributed by atoms with Crippen LogP contribution in [0.4, 0.5) is 0 Å². The summed E-state index contributed by atoms with van der Waals surface area (Å²) in [6.45, 7) is 5.47. The summed E-state index contributed by atoms with van der Waals surface area (Å²) < 4.78 is 0. The second-order valence-electron chi connectivity index (χ2n) is 6.04. The van der Waals surface area contributed by atoms with Gasteiger partial charge in [0.1, 0.15) is 5.84 Å². The molecule has 2 heterocycles. The highest BCUT2D eigenvalue weighted by molar-refractivity contribution is 5.99. The minimum atomic E-state index is 0.277. The predicted molar refractivity (Wildman–Crippen MR) is 88.2 cm³/mol. The number of amidine groups is 1. The van der Waals surface area contributed by atoms with Gasteiger partial charge >= 0.3 is 0 Å².